The molecule has 5 nitrogen and oxygen atoms in total. The maximum Gasteiger partial charge on any atom is 0.340 e. The number of esters is 1. The third kappa shape index (κ3) is 4.81. The van der Waals surface area contributed by atoms with Crippen molar-refractivity contribution in [1.82, 2.24) is 0 Å². The van der Waals surface area contributed by atoms with Crippen LogP contribution in [0.2, 0.25) is 4.34 Å². The molecule has 136 valence electrons. The van der Waals surface area contributed by atoms with E-state index in [1.54, 1.807) is 60.7 Å². The molecule has 0 bridgehead atoms. The van der Waals surface area contributed by atoms with Crippen LogP contribution < -0.4 is 5.32 Å². The maximum atomic E-state index is 12.4. The Hall–Kier alpha value is -2.96. The minimum absolute atomic E-state index is 0.166. The Kier molecular flexibility index (Phi) is 6.01. The number of rotatable bonds is 6. The number of amides is 1. The summed E-state index contributed by atoms with van der Waals surface area (Å²) < 4.78 is 5.59. The van der Waals surface area contributed by atoms with Crippen molar-refractivity contribution < 1.29 is 19.1 Å². The summed E-state index contributed by atoms with van der Waals surface area (Å²) in [5, 5.41) is 2.69. The van der Waals surface area contributed by atoms with Crippen LogP contribution in [0.3, 0.4) is 0 Å². The number of para-hydroxylation sites is 1. The number of anilines is 1. The average Bonchev–Trinajstić information content (AvgIpc) is 3.13. The van der Waals surface area contributed by atoms with Crippen LogP contribution in [0.15, 0.2) is 66.7 Å². The number of nitrogens with one attached hydrogen (secondary N) is 1. The van der Waals surface area contributed by atoms with E-state index in [4.69, 9.17) is 16.3 Å². The van der Waals surface area contributed by atoms with E-state index in [2.05, 4.69) is 5.32 Å². The minimum Gasteiger partial charge on any atom is -0.454 e. The van der Waals surface area contributed by atoms with E-state index < -0.39 is 12.6 Å². The van der Waals surface area contributed by atoms with Crippen molar-refractivity contribution in [2.75, 3.05) is 11.9 Å². The van der Waals surface area contributed by atoms with E-state index >= 15 is 0 Å². The van der Waals surface area contributed by atoms with E-state index in [-0.39, 0.29) is 17.3 Å². The van der Waals surface area contributed by atoms with Crippen LogP contribution in [0.25, 0.3) is 0 Å². The molecule has 0 aliphatic heterocycles. The molecule has 1 N–H and O–H groups in total. The zero-order valence-electron chi connectivity index (χ0n) is 14.0. The Morgan fingerprint density at radius 2 is 1.63 bits per heavy atom. The smallest absolute Gasteiger partial charge is 0.340 e. The van der Waals surface area contributed by atoms with Gasteiger partial charge >= 0.3 is 5.97 Å². The van der Waals surface area contributed by atoms with Crippen LogP contribution in [0.5, 0.6) is 0 Å². The lowest BCUT2D eigenvalue weighted by molar-refractivity contribution is 0.0477. The van der Waals surface area contributed by atoms with Gasteiger partial charge in [0.15, 0.2) is 6.61 Å². The molecule has 1 heterocycles. The summed E-state index contributed by atoms with van der Waals surface area (Å²) in [7, 11) is 0. The molecular weight excluding hydrogens is 386 g/mol. The second-order valence-corrected chi connectivity index (χ2v) is 7.18. The van der Waals surface area contributed by atoms with Crippen molar-refractivity contribution in [2.45, 2.75) is 0 Å². The molecule has 27 heavy (non-hydrogen) atoms. The van der Waals surface area contributed by atoms with Crippen molar-refractivity contribution >= 4 is 46.3 Å². The third-order valence-electron chi connectivity index (χ3n) is 3.61. The first-order valence-corrected chi connectivity index (χ1v) is 9.15. The van der Waals surface area contributed by atoms with Gasteiger partial charge in [0, 0.05) is 5.56 Å². The van der Waals surface area contributed by atoms with Gasteiger partial charge in [-0.05, 0) is 36.4 Å². The number of thiophene rings is 1. The van der Waals surface area contributed by atoms with Gasteiger partial charge in [0.1, 0.15) is 0 Å². The standard InChI is InChI=1S/C20H14ClNO4S/c21-18-11-10-17(27-18)16(23)12-26-20(25)14-8-4-5-9-15(14)22-19(24)13-6-2-1-3-7-13/h1-11H,12H2,(H,22,24). The van der Waals surface area contributed by atoms with Gasteiger partial charge in [0.25, 0.3) is 5.91 Å². The highest BCUT2D eigenvalue weighted by molar-refractivity contribution is 7.18. The number of hydrogen-bond donors (Lipinski definition) is 1. The molecule has 0 unspecified atom stereocenters. The molecule has 0 radical (unpaired) electrons. The average molecular weight is 400 g/mol. The van der Waals surface area contributed by atoms with Gasteiger partial charge in [0.2, 0.25) is 5.78 Å². The van der Waals surface area contributed by atoms with Crippen molar-refractivity contribution in [3.05, 3.63) is 87.1 Å². The summed E-state index contributed by atoms with van der Waals surface area (Å²) >= 11 is 6.92. The number of carbonyl (C=O) groups excluding carboxylic acids is 3. The van der Waals surface area contributed by atoms with Gasteiger partial charge in [-0.25, -0.2) is 4.79 Å². The first kappa shape index (κ1) is 18.8. The number of benzene rings is 2. The molecule has 7 heteroatoms. The molecule has 0 spiro atoms. The zero-order chi connectivity index (χ0) is 19.2. The Morgan fingerprint density at radius 1 is 0.926 bits per heavy atom. The van der Waals surface area contributed by atoms with Crippen LogP contribution in [-0.4, -0.2) is 24.3 Å². The van der Waals surface area contributed by atoms with Crippen molar-refractivity contribution in [2.24, 2.45) is 0 Å². The normalized spacial score (nSPS) is 10.3. The summed E-state index contributed by atoms with van der Waals surface area (Å²) in [6, 6.07) is 18.3. The highest BCUT2D eigenvalue weighted by atomic mass is 35.5. The number of carbonyl (C=O) groups is 3. The van der Waals surface area contributed by atoms with Gasteiger partial charge < -0.3 is 10.1 Å². The first-order chi connectivity index (χ1) is 13.0. The van der Waals surface area contributed by atoms with Gasteiger partial charge in [-0.1, -0.05) is 41.9 Å². The number of ketones is 1. The molecule has 1 amide bonds. The van der Waals surface area contributed by atoms with E-state index in [1.807, 2.05) is 0 Å². The molecule has 0 atom stereocenters. The molecular formula is C20H14ClNO4S. The van der Waals surface area contributed by atoms with E-state index in [0.29, 0.717) is 20.5 Å². The van der Waals surface area contributed by atoms with Crippen molar-refractivity contribution in [3.8, 4) is 0 Å². The molecule has 3 rings (SSSR count). The van der Waals surface area contributed by atoms with Gasteiger partial charge in [0.05, 0.1) is 20.5 Å². The lowest BCUT2D eigenvalue weighted by atomic mass is 10.1. The second-order valence-electron chi connectivity index (χ2n) is 5.47. The van der Waals surface area contributed by atoms with Crippen LogP contribution in [-0.2, 0) is 4.74 Å². The van der Waals surface area contributed by atoms with Crippen LogP contribution in [0.4, 0.5) is 5.69 Å². The number of Topliss-reactive ketones (excluding diaryl/α,β-unsaturated/α-hetero) is 1. The predicted octanol–water partition coefficient (Wildman–Crippen LogP) is 4.69. The monoisotopic (exact) mass is 399 g/mol. The van der Waals surface area contributed by atoms with Crippen LogP contribution in [0, 0.1) is 0 Å². The maximum absolute atomic E-state index is 12.4. The van der Waals surface area contributed by atoms with E-state index in [9.17, 15) is 14.4 Å². The fourth-order valence-corrected chi connectivity index (χ4v) is 3.27. The van der Waals surface area contributed by atoms with E-state index in [0.717, 1.165) is 11.3 Å². The fraction of sp³-hybridized carbons (Fsp3) is 0.0500. The summed E-state index contributed by atoms with van der Waals surface area (Å²) in [5.41, 5.74) is 0.937. The number of ether oxygens (including phenoxy) is 1. The molecule has 3 aromatic rings. The molecule has 0 fully saturated rings. The summed E-state index contributed by atoms with van der Waals surface area (Å²) in [6.45, 7) is -0.406. The van der Waals surface area contributed by atoms with Crippen LogP contribution >= 0.6 is 22.9 Å². The number of halogens is 1. The molecule has 0 saturated carbocycles. The SMILES string of the molecule is O=C(Nc1ccccc1C(=O)OCC(=O)c1ccc(Cl)s1)c1ccccc1. The van der Waals surface area contributed by atoms with Gasteiger partial charge in [-0.3, -0.25) is 9.59 Å². The van der Waals surface area contributed by atoms with Gasteiger partial charge in [-0.15, -0.1) is 11.3 Å². The lowest BCUT2D eigenvalue weighted by Gasteiger charge is -2.10. The fourth-order valence-electron chi connectivity index (χ4n) is 2.30. The Bertz CT molecular complexity index is 984. The number of hydrogen-bond acceptors (Lipinski definition) is 5. The highest BCUT2D eigenvalue weighted by Crippen LogP contribution is 2.22. The highest BCUT2D eigenvalue weighted by Gasteiger charge is 2.17. The molecule has 1 aromatic heterocycles. The summed E-state index contributed by atoms with van der Waals surface area (Å²) in [5.74, 6) is -1.39. The third-order valence-corrected chi connectivity index (χ3v) is 4.89. The largest absolute Gasteiger partial charge is 0.454 e. The second kappa shape index (κ2) is 8.62. The van der Waals surface area contributed by atoms with E-state index in [1.165, 1.54) is 6.07 Å². The molecule has 0 saturated heterocycles. The topological polar surface area (TPSA) is 72.5 Å². The summed E-state index contributed by atoms with van der Waals surface area (Å²) in [4.78, 5) is 37.2. The van der Waals surface area contributed by atoms with Gasteiger partial charge in [-0.2, -0.15) is 0 Å². The zero-order valence-corrected chi connectivity index (χ0v) is 15.5. The van der Waals surface area contributed by atoms with Crippen molar-refractivity contribution in [3.63, 3.8) is 0 Å². The predicted molar refractivity (Wildman–Crippen MR) is 105 cm³/mol. The Morgan fingerprint density at radius 3 is 2.33 bits per heavy atom. The van der Waals surface area contributed by atoms with Crippen molar-refractivity contribution in [1.29, 1.82) is 0 Å². The lowest BCUT2D eigenvalue weighted by Crippen LogP contribution is -2.17. The minimum atomic E-state index is -0.699. The molecule has 0 aliphatic rings. The Balaban J connectivity index is 1.68. The quantitative estimate of drug-likeness (QED) is 0.482. The van der Waals surface area contributed by atoms with Crippen LogP contribution in [0.1, 0.15) is 30.4 Å². The first-order valence-electron chi connectivity index (χ1n) is 7.95. The molecule has 0 aliphatic carbocycles. The molecule has 2 aromatic carbocycles. The Labute approximate surface area is 164 Å². The summed E-state index contributed by atoms with van der Waals surface area (Å²) in [6.07, 6.45) is 0.